The van der Waals surface area contributed by atoms with Crippen LogP contribution in [0.1, 0.15) is 28.8 Å². The Bertz CT molecular complexity index is 663. The lowest BCUT2D eigenvalue weighted by atomic mass is 9.77. The van der Waals surface area contributed by atoms with E-state index in [0.717, 1.165) is 0 Å². The number of nitrogens with zero attached hydrogens (tertiary/aromatic N) is 2. The van der Waals surface area contributed by atoms with Crippen LogP contribution in [0.3, 0.4) is 0 Å². The lowest BCUT2D eigenvalue weighted by Gasteiger charge is -2.47. The highest BCUT2D eigenvalue weighted by atomic mass is 16.3. The number of rotatable bonds is 6. The van der Waals surface area contributed by atoms with Gasteiger partial charge in [0.1, 0.15) is 0 Å². The van der Waals surface area contributed by atoms with Crippen molar-refractivity contribution in [3.8, 4) is 0 Å². The van der Waals surface area contributed by atoms with E-state index in [4.69, 9.17) is 0 Å². The van der Waals surface area contributed by atoms with Gasteiger partial charge < -0.3 is 15.3 Å². The first kappa shape index (κ1) is 16.6. The number of pyridine rings is 1. The average molecular weight is 325 g/mol. The highest BCUT2D eigenvalue weighted by molar-refractivity contribution is 5.94. The Morgan fingerprint density at radius 3 is 2.50 bits per heavy atom. The third kappa shape index (κ3) is 3.32. The maximum absolute atomic E-state index is 12.7. The fourth-order valence-corrected chi connectivity index (χ4v) is 3.39. The van der Waals surface area contributed by atoms with Gasteiger partial charge in [-0.15, -0.1) is 0 Å². The number of hydrogen-bond donors (Lipinski definition) is 2. The Morgan fingerprint density at radius 1 is 1.17 bits per heavy atom. The van der Waals surface area contributed by atoms with Crippen LogP contribution in [0, 0.1) is 0 Å². The van der Waals surface area contributed by atoms with E-state index >= 15 is 0 Å². The van der Waals surface area contributed by atoms with Crippen molar-refractivity contribution in [2.45, 2.75) is 24.9 Å². The van der Waals surface area contributed by atoms with Gasteiger partial charge in [-0.05, 0) is 24.6 Å². The van der Waals surface area contributed by atoms with Crippen LogP contribution in [-0.4, -0.2) is 52.7 Å². The Hall–Kier alpha value is -2.24. The normalized spacial score (nSPS) is 22.7. The number of aromatic nitrogens is 1. The summed E-state index contributed by atoms with van der Waals surface area (Å²) in [5.41, 5.74) is 1.86. The van der Waals surface area contributed by atoms with Crippen molar-refractivity contribution in [2.75, 3.05) is 19.7 Å². The molecule has 0 aliphatic carbocycles. The molecule has 5 nitrogen and oxygen atoms in total. The van der Waals surface area contributed by atoms with Gasteiger partial charge in [0.25, 0.3) is 5.91 Å². The maximum atomic E-state index is 12.7. The van der Waals surface area contributed by atoms with Crippen LogP contribution < -0.4 is 5.32 Å². The molecule has 0 unspecified atom stereocenters. The van der Waals surface area contributed by atoms with Crippen LogP contribution in [0.2, 0.25) is 0 Å². The summed E-state index contributed by atoms with van der Waals surface area (Å²) in [6.45, 7) is 3.34. The molecule has 2 aromatic rings. The minimum Gasteiger partial charge on any atom is -0.395 e. The first-order valence-electron chi connectivity index (χ1n) is 8.35. The highest BCUT2D eigenvalue weighted by Gasteiger charge is 2.41. The first-order valence-corrected chi connectivity index (χ1v) is 8.35. The molecule has 0 radical (unpaired) electrons. The van der Waals surface area contributed by atoms with E-state index in [1.54, 1.807) is 24.5 Å². The molecule has 24 heavy (non-hydrogen) atoms. The lowest BCUT2D eigenvalue weighted by molar-refractivity contribution is 0.0641. The summed E-state index contributed by atoms with van der Waals surface area (Å²) < 4.78 is 0. The maximum Gasteiger partial charge on any atom is 0.254 e. The monoisotopic (exact) mass is 325 g/mol. The summed E-state index contributed by atoms with van der Waals surface area (Å²) >= 11 is 0. The van der Waals surface area contributed by atoms with Crippen molar-refractivity contribution in [1.82, 2.24) is 15.2 Å². The molecule has 1 aliphatic rings. The summed E-state index contributed by atoms with van der Waals surface area (Å²) in [7, 11) is 0. The molecule has 2 N–H and O–H groups in total. The molecule has 1 aliphatic heterocycles. The fourth-order valence-electron chi connectivity index (χ4n) is 3.39. The molecule has 3 rings (SSSR count). The van der Waals surface area contributed by atoms with Crippen molar-refractivity contribution in [3.05, 3.63) is 66.0 Å². The van der Waals surface area contributed by atoms with Crippen LogP contribution >= 0.6 is 0 Å². The van der Waals surface area contributed by atoms with Crippen molar-refractivity contribution in [2.24, 2.45) is 0 Å². The van der Waals surface area contributed by atoms with Gasteiger partial charge in [-0.1, -0.05) is 30.3 Å². The average Bonchev–Trinajstić information content (AvgIpc) is 2.62. The largest absolute Gasteiger partial charge is 0.395 e. The molecule has 0 saturated carbocycles. The summed E-state index contributed by atoms with van der Waals surface area (Å²) in [5.74, 6) is 0.233. The number of aliphatic hydroxyl groups is 1. The molecule has 126 valence electrons. The second-order valence-electron chi connectivity index (χ2n) is 6.08. The zero-order valence-corrected chi connectivity index (χ0v) is 13.8. The number of benzene rings is 1. The number of aliphatic hydroxyl groups excluding tert-OH is 1. The molecule has 1 fully saturated rings. The number of hydrogen-bond acceptors (Lipinski definition) is 4. The molecule has 1 saturated heterocycles. The third-order valence-electron chi connectivity index (χ3n) is 4.69. The van der Waals surface area contributed by atoms with Crippen LogP contribution in [0.25, 0.3) is 0 Å². The van der Waals surface area contributed by atoms with E-state index < -0.39 is 0 Å². The second kappa shape index (κ2) is 7.55. The summed E-state index contributed by atoms with van der Waals surface area (Å²) in [5, 5.41) is 13.0. The second-order valence-corrected chi connectivity index (χ2v) is 6.08. The van der Waals surface area contributed by atoms with Gasteiger partial charge >= 0.3 is 0 Å². The van der Waals surface area contributed by atoms with Gasteiger partial charge in [-0.25, -0.2) is 0 Å². The molecule has 0 bridgehead atoms. The van der Waals surface area contributed by atoms with E-state index in [2.05, 4.69) is 22.4 Å². The molecule has 3 atom stereocenters. The highest BCUT2D eigenvalue weighted by Crippen LogP contribution is 2.32. The molecule has 2 heterocycles. The Kier molecular flexibility index (Phi) is 5.23. The molecule has 1 aromatic heterocycles. The number of nitrogens with one attached hydrogen (secondary N) is 1. The number of likely N-dealkylation sites (N-methyl/N-ethyl adjacent to an activating group) is 1. The summed E-state index contributed by atoms with van der Waals surface area (Å²) in [4.78, 5) is 18.5. The molecule has 1 amide bonds. The lowest BCUT2D eigenvalue weighted by Crippen LogP contribution is -2.65. The zero-order valence-electron chi connectivity index (χ0n) is 13.8. The van der Waals surface area contributed by atoms with Crippen molar-refractivity contribution in [1.29, 1.82) is 0 Å². The fraction of sp³-hybridized carbons (Fsp3) is 0.368. The van der Waals surface area contributed by atoms with Crippen molar-refractivity contribution in [3.63, 3.8) is 0 Å². The van der Waals surface area contributed by atoms with Gasteiger partial charge in [-0.2, -0.15) is 0 Å². The smallest absolute Gasteiger partial charge is 0.254 e. The van der Waals surface area contributed by atoms with Gasteiger partial charge in [0.05, 0.1) is 6.61 Å². The van der Waals surface area contributed by atoms with Crippen LogP contribution in [0.5, 0.6) is 0 Å². The predicted molar refractivity (Wildman–Crippen MR) is 92.8 cm³/mol. The summed E-state index contributed by atoms with van der Waals surface area (Å²) in [6.07, 6.45) is 3.27. The van der Waals surface area contributed by atoms with E-state index in [1.165, 1.54) is 5.56 Å². The van der Waals surface area contributed by atoms with E-state index in [9.17, 15) is 9.90 Å². The Balaban J connectivity index is 1.72. The van der Waals surface area contributed by atoms with Crippen molar-refractivity contribution >= 4 is 5.91 Å². The van der Waals surface area contributed by atoms with E-state index in [0.29, 0.717) is 18.7 Å². The third-order valence-corrected chi connectivity index (χ3v) is 4.69. The SMILES string of the molecule is CCN(C[C@@H]1N[C@@H](CO)[C@H]1c1ccccc1)C(=O)c1ccncc1. The summed E-state index contributed by atoms with van der Waals surface area (Å²) in [6, 6.07) is 13.9. The molecular weight excluding hydrogens is 302 g/mol. The van der Waals surface area contributed by atoms with Crippen LogP contribution in [-0.2, 0) is 0 Å². The van der Waals surface area contributed by atoms with Crippen LogP contribution in [0.15, 0.2) is 54.9 Å². The van der Waals surface area contributed by atoms with Crippen LogP contribution in [0.4, 0.5) is 0 Å². The zero-order chi connectivity index (χ0) is 16.9. The number of carbonyl (C=O) groups is 1. The number of amides is 1. The molecular formula is C19H23N3O2. The van der Waals surface area contributed by atoms with Gasteiger partial charge in [0.15, 0.2) is 0 Å². The Morgan fingerprint density at radius 2 is 1.88 bits per heavy atom. The van der Waals surface area contributed by atoms with E-state index in [1.807, 2.05) is 30.0 Å². The topological polar surface area (TPSA) is 65.5 Å². The van der Waals surface area contributed by atoms with Gasteiger partial charge in [0.2, 0.25) is 0 Å². The minimum absolute atomic E-state index is 0.0148. The van der Waals surface area contributed by atoms with Crippen molar-refractivity contribution < 1.29 is 9.90 Å². The predicted octanol–water partition coefficient (Wildman–Crippen LogP) is 1.66. The Labute approximate surface area is 142 Å². The quantitative estimate of drug-likeness (QED) is 0.848. The van der Waals surface area contributed by atoms with Gasteiger partial charge in [0, 0.05) is 49.0 Å². The molecule has 5 heteroatoms. The standard InChI is InChI=1S/C19H23N3O2/c1-2-22(19(24)15-8-10-20-11-9-15)12-16-18(17(13-23)21-16)14-6-4-3-5-7-14/h3-11,16-18,21,23H,2,12-13H2,1H3/t16-,17-,18-/m0/s1. The molecule has 0 spiro atoms. The first-order chi connectivity index (χ1) is 11.7. The number of carbonyl (C=O) groups excluding carboxylic acids is 1. The molecule has 1 aromatic carbocycles. The minimum atomic E-state index is 0.0148. The van der Waals surface area contributed by atoms with E-state index in [-0.39, 0.29) is 30.5 Å². The van der Waals surface area contributed by atoms with Gasteiger partial charge in [-0.3, -0.25) is 9.78 Å².